The second-order valence-corrected chi connectivity index (χ2v) is 9.32. The van der Waals surface area contributed by atoms with Gasteiger partial charge < -0.3 is 9.84 Å². The summed E-state index contributed by atoms with van der Waals surface area (Å²) in [6, 6.07) is 0. The van der Waals surface area contributed by atoms with E-state index in [-0.39, 0.29) is 5.97 Å². The van der Waals surface area contributed by atoms with Gasteiger partial charge in [0.2, 0.25) is 0 Å². The van der Waals surface area contributed by atoms with Crippen molar-refractivity contribution >= 4 is 11.9 Å². The van der Waals surface area contributed by atoms with Gasteiger partial charge in [-0.25, -0.2) is 9.59 Å². The molecule has 0 aliphatic heterocycles. The van der Waals surface area contributed by atoms with Gasteiger partial charge in [-0.2, -0.15) is 0 Å². The summed E-state index contributed by atoms with van der Waals surface area (Å²) < 4.78 is 5.08. The molecule has 1 aliphatic rings. The van der Waals surface area contributed by atoms with E-state index in [0.717, 1.165) is 19.3 Å². The second kappa shape index (κ2) is 21.3. The van der Waals surface area contributed by atoms with Crippen molar-refractivity contribution in [2.45, 2.75) is 129 Å². The van der Waals surface area contributed by atoms with Crippen LogP contribution in [0.1, 0.15) is 129 Å². The number of ether oxygens (including phenoxy) is 1. The molecule has 0 unspecified atom stereocenters. The van der Waals surface area contributed by atoms with Crippen LogP contribution in [0.4, 0.5) is 0 Å². The highest BCUT2D eigenvalue weighted by molar-refractivity contribution is 5.87. The fraction of sp³-hybridized carbons (Fsp3) is 0.786. The van der Waals surface area contributed by atoms with Crippen molar-refractivity contribution in [3.63, 3.8) is 0 Å². The topological polar surface area (TPSA) is 63.6 Å². The molecule has 1 aliphatic carbocycles. The number of carboxylic acids is 1. The number of unbranched alkanes of at least 4 members (excludes halogenated alkanes) is 15. The molecule has 0 heterocycles. The molecule has 0 aromatic carbocycles. The van der Waals surface area contributed by atoms with Gasteiger partial charge in [0.05, 0.1) is 6.61 Å². The van der Waals surface area contributed by atoms with Crippen LogP contribution in [0.5, 0.6) is 0 Å². The molecule has 0 aromatic rings. The lowest BCUT2D eigenvalue weighted by atomic mass is 10.0. The van der Waals surface area contributed by atoms with E-state index in [0.29, 0.717) is 23.7 Å². The molecule has 4 heteroatoms. The predicted octanol–water partition coefficient (Wildman–Crippen LogP) is 8.40. The highest BCUT2D eigenvalue weighted by Crippen LogP contribution is 2.35. The minimum atomic E-state index is -0.840. The first-order valence-electron chi connectivity index (χ1n) is 13.1. The largest absolute Gasteiger partial charge is 0.478 e. The van der Waals surface area contributed by atoms with E-state index in [4.69, 9.17) is 9.84 Å². The van der Waals surface area contributed by atoms with Gasteiger partial charge >= 0.3 is 11.9 Å². The summed E-state index contributed by atoms with van der Waals surface area (Å²) in [4.78, 5) is 21.3. The Balaban J connectivity index is 0.000000995. The van der Waals surface area contributed by atoms with Crippen molar-refractivity contribution in [2.24, 2.45) is 5.92 Å². The monoisotopic (exact) mass is 450 g/mol. The van der Waals surface area contributed by atoms with E-state index in [1.165, 1.54) is 96.3 Å². The van der Waals surface area contributed by atoms with Gasteiger partial charge in [0.15, 0.2) is 0 Å². The average Bonchev–Trinajstić information content (AvgIpc) is 3.61. The number of carbonyl (C=O) groups excluding carboxylic acids is 1. The predicted molar refractivity (Wildman–Crippen MR) is 135 cm³/mol. The molecule has 0 spiro atoms. The number of carbonyl (C=O) groups is 2. The summed E-state index contributed by atoms with van der Waals surface area (Å²) in [5.41, 5.74) is 0.872. The summed E-state index contributed by atoms with van der Waals surface area (Å²) in [7, 11) is 0. The van der Waals surface area contributed by atoms with Crippen LogP contribution in [0.15, 0.2) is 24.3 Å². The summed E-state index contributed by atoms with van der Waals surface area (Å²) in [6.45, 7) is 11.5. The molecule has 1 fully saturated rings. The van der Waals surface area contributed by atoms with E-state index < -0.39 is 5.97 Å². The van der Waals surface area contributed by atoms with Gasteiger partial charge in [-0.1, -0.05) is 116 Å². The minimum Gasteiger partial charge on any atom is -0.478 e. The van der Waals surface area contributed by atoms with Crippen molar-refractivity contribution in [3.05, 3.63) is 24.3 Å². The first-order valence-corrected chi connectivity index (χ1v) is 13.1. The number of aliphatic carboxylic acids is 1. The maximum absolute atomic E-state index is 11.2. The summed E-state index contributed by atoms with van der Waals surface area (Å²) in [5, 5.41) is 8.29. The molecule has 0 amide bonds. The summed E-state index contributed by atoms with van der Waals surface area (Å²) in [6.07, 6.45) is 23.8. The van der Waals surface area contributed by atoms with E-state index in [1.807, 2.05) is 0 Å². The Morgan fingerprint density at radius 1 is 0.750 bits per heavy atom. The molecule has 0 aromatic heterocycles. The number of hydrogen-bond acceptors (Lipinski definition) is 3. The smallest absolute Gasteiger partial charge is 0.333 e. The lowest BCUT2D eigenvalue weighted by Gasteiger charge is -2.05. The Morgan fingerprint density at radius 3 is 1.41 bits per heavy atom. The maximum Gasteiger partial charge on any atom is 0.333 e. The van der Waals surface area contributed by atoms with E-state index >= 15 is 0 Å². The van der Waals surface area contributed by atoms with E-state index in [1.54, 1.807) is 6.92 Å². The molecule has 186 valence electrons. The number of hydrogen-bond donors (Lipinski definition) is 1. The molecular formula is C28H50O4. The molecule has 0 bridgehead atoms. The summed E-state index contributed by atoms with van der Waals surface area (Å²) >= 11 is 0. The van der Waals surface area contributed by atoms with Gasteiger partial charge in [-0.05, 0) is 32.1 Å². The molecular weight excluding hydrogens is 400 g/mol. The first kappa shape index (κ1) is 30.4. The second-order valence-electron chi connectivity index (χ2n) is 9.32. The van der Waals surface area contributed by atoms with Crippen LogP contribution in [-0.4, -0.2) is 23.7 Å². The zero-order valence-electron chi connectivity index (χ0n) is 21.1. The Hall–Kier alpha value is -1.58. The zero-order valence-corrected chi connectivity index (χ0v) is 21.1. The van der Waals surface area contributed by atoms with Crippen molar-refractivity contribution in [2.75, 3.05) is 6.61 Å². The SMILES string of the molecule is C=C(C(=O)O)C1CC1.C=C(C)C(=O)OCCCCCCCCCCCCCCCCCC. The lowest BCUT2D eigenvalue weighted by molar-refractivity contribution is -0.139. The number of rotatable bonds is 20. The van der Waals surface area contributed by atoms with Crippen LogP contribution in [-0.2, 0) is 14.3 Å². The quantitative estimate of drug-likeness (QED) is 0.115. The van der Waals surface area contributed by atoms with Crippen molar-refractivity contribution in [1.29, 1.82) is 0 Å². The molecule has 0 radical (unpaired) electrons. The maximum atomic E-state index is 11.2. The molecule has 1 N–H and O–H groups in total. The van der Waals surface area contributed by atoms with Crippen LogP contribution in [0.3, 0.4) is 0 Å². The third-order valence-electron chi connectivity index (χ3n) is 5.92. The number of carboxylic acid groups (broad SMARTS) is 1. The zero-order chi connectivity index (χ0) is 24.0. The Morgan fingerprint density at radius 2 is 1.12 bits per heavy atom. The summed E-state index contributed by atoms with van der Waals surface area (Å²) in [5.74, 6) is -0.795. The van der Waals surface area contributed by atoms with Crippen LogP contribution in [0, 0.1) is 5.92 Å². The fourth-order valence-corrected chi connectivity index (χ4v) is 3.54. The average molecular weight is 451 g/mol. The van der Waals surface area contributed by atoms with Crippen molar-refractivity contribution in [1.82, 2.24) is 0 Å². The van der Waals surface area contributed by atoms with E-state index in [9.17, 15) is 9.59 Å². The Kier molecular flexibility index (Phi) is 20.2. The molecule has 1 rings (SSSR count). The van der Waals surface area contributed by atoms with Gasteiger partial charge in [0, 0.05) is 11.1 Å². The van der Waals surface area contributed by atoms with Gasteiger partial charge in [0.1, 0.15) is 0 Å². The molecule has 0 saturated heterocycles. The first-order chi connectivity index (χ1) is 15.4. The standard InChI is InChI=1S/C22H42O2.C6H8O2/c1-4-5-6-7-8-9-10-11-12-13-14-15-16-17-18-19-20-24-22(23)21(2)3;1-4(6(7)8)5-2-3-5/h2,4-20H2,1,3H3;5H,1-3H2,(H,7,8). The molecule has 0 atom stereocenters. The van der Waals surface area contributed by atoms with Crippen LogP contribution in [0.25, 0.3) is 0 Å². The third-order valence-corrected chi connectivity index (χ3v) is 5.92. The van der Waals surface area contributed by atoms with Gasteiger partial charge in [0.25, 0.3) is 0 Å². The Bertz CT molecular complexity index is 520. The highest BCUT2D eigenvalue weighted by Gasteiger charge is 2.28. The number of esters is 1. The van der Waals surface area contributed by atoms with Crippen LogP contribution >= 0.6 is 0 Å². The Labute approximate surface area is 197 Å². The van der Waals surface area contributed by atoms with Gasteiger partial charge in [-0.3, -0.25) is 0 Å². The van der Waals surface area contributed by atoms with Crippen LogP contribution in [0.2, 0.25) is 0 Å². The molecule has 4 nitrogen and oxygen atoms in total. The highest BCUT2D eigenvalue weighted by atomic mass is 16.5. The fourth-order valence-electron chi connectivity index (χ4n) is 3.54. The lowest BCUT2D eigenvalue weighted by Crippen LogP contribution is -2.05. The van der Waals surface area contributed by atoms with Crippen LogP contribution < -0.4 is 0 Å². The molecule has 32 heavy (non-hydrogen) atoms. The minimum absolute atomic E-state index is 0.254. The molecule has 1 saturated carbocycles. The van der Waals surface area contributed by atoms with E-state index in [2.05, 4.69) is 20.1 Å². The van der Waals surface area contributed by atoms with Crippen molar-refractivity contribution in [3.8, 4) is 0 Å². The van der Waals surface area contributed by atoms with Crippen molar-refractivity contribution < 1.29 is 19.4 Å². The normalized spacial score (nSPS) is 12.6. The van der Waals surface area contributed by atoms with Gasteiger partial charge in [-0.15, -0.1) is 0 Å². The third kappa shape index (κ3) is 20.3.